The third-order valence-electron chi connectivity index (χ3n) is 3.71. The van der Waals surface area contributed by atoms with E-state index in [4.69, 9.17) is 4.74 Å². The van der Waals surface area contributed by atoms with Crippen molar-refractivity contribution in [3.63, 3.8) is 0 Å². The summed E-state index contributed by atoms with van der Waals surface area (Å²) in [7, 11) is 0. The lowest BCUT2D eigenvalue weighted by atomic mass is 9.86. The van der Waals surface area contributed by atoms with Crippen molar-refractivity contribution in [2.75, 3.05) is 0 Å². The normalized spacial score (nSPS) is 13.7. The first-order chi connectivity index (χ1) is 11.2. The number of nitrogens with one attached hydrogen (secondary N) is 2. The van der Waals surface area contributed by atoms with Gasteiger partial charge in [-0.25, -0.2) is 4.79 Å². The number of ether oxygens (including phenoxy) is 1. The van der Waals surface area contributed by atoms with Crippen LogP contribution in [0.2, 0.25) is 0 Å². The molecule has 0 heterocycles. The van der Waals surface area contributed by atoms with Gasteiger partial charge in [0.05, 0.1) is 0 Å². The summed E-state index contributed by atoms with van der Waals surface area (Å²) in [4.78, 5) is 24.6. The largest absolute Gasteiger partial charge is 0.445 e. The first-order valence-corrected chi connectivity index (χ1v) is 8.51. The summed E-state index contributed by atoms with van der Waals surface area (Å²) < 4.78 is 5.23. The molecular weight excluding hydrogens is 304 g/mol. The summed E-state index contributed by atoms with van der Waals surface area (Å²) in [6, 6.07) is 8.87. The van der Waals surface area contributed by atoms with Gasteiger partial charge in [0.15, 0.2) is 0 Å². The van der Waals surface area contributed by atoms with Crippen LogP contribution in [0.3, 0.4) is 0 Å². The molecule has 0 spiro atoms. The summed E-state index contributed by atoms with van der Waals surface area (Å²) in [6.07, 6.45) is 1.31. The summed E-state index contributed by atoms with van der Waals surface area (Å²) in [5.74, 6) is -0.180. The van der Waals surface area contributed by atoms with E-state index in [-0.39, 0.29) is 18.6 Å². The Kier molecular flexibility index (Phi) is 7.75. The van der Waals surface area contributed by atoms with Gasteiger partial charge >= 0.3 is 6.09 Å². The SMILES string of the molecule is CCC[C@@H](C)NC(=O)C(NC(=O)OCc1ccccc1)C(C)(C)C. The maximum atomic E-state index is 12.5. The number of alkyl carbamates (subject to hydrolysis) is 1. The minimum absolute atomic E-state index is 0.0782. The minimum Gasteiger partial charge on any atom is -0.445 e. The molecule has 2 atom stereocenters. The monoisotopic (exact) mass is 334 g/mol. The lowest BCUT2D eigenvalue weighted by Gasteiger charge is -2.31. The van der Waals surface area contributed by atoms with Crippen molar-refractivity contribution >= 4 is 12.0 Å². The highest BCUT2D eigenvalue weighted by Crippen LogP contribution is 2.20. The number of hydrogen-bond acceptors (Lipinski definition) is 3. The van der Waals surface area contributed by atoms with E-state index in [9.17, 15) is 9.59 Å². The molecule has 134 valence electrons. The van der Waals surface area contributed by atoms with Gasteiger partial charge in [0.2, 0.25) is 5.91 Å². The Balaban J connectivity index is 2.62. The molecule has 0 saturated carbocycles. The molecule has 5 nitrogen and oxygen atoms in total. The average Bonchev–Trinajstić information content (AvgIpc) is 2.50. The van der Waals surface area contributed by atoms with Crippen LogP contribution in [0, 0.1) is 5.41 Å². The first kappa shape index (κ1) is 20.0. The number of carbonyl (C=O) groups is 2. The first-order valence-electron chi connectivity index (χ1n) is 8.51. The fourth-order valence-corrected chi connectivity index (χ4v) is 2.39. The van der Waals surface area contributed by atoms with Gasteiger partial charge in [-0.05, 0) is 24.3 Å². The van der Waals surface area contributed by atoms with E-state index < -0.39 is 17.6 Å². The minimum atomic E-state index is -0.653. The van der Waals surface area contributed by atoms with Crippen LogP contribution in [0.1, 0.15) is 53.0 Å². The zero-order valence-corrected chi connectivity index (χ0v) is 15.4. The Morgan fingerprint density at radius 3 is 2.29 bits per heavy atom. The molecule has 24 heavy (non-hydrogen) atoms. The van der Waals surface area contributed by atoms with Crippen LogP contribution in [-0.2, 0) is 16.1 Å². The van der Waals surface area contributed by atoms with Gasteiger partial charge < -0.3 is 15.4 Å². The number of benzene rings is 1. The number of rotatable bonds is 7. The van der Waals surface area contributed by atoms with Gasteiger partial charge in [0.25, 0.3) is 0 Å². The molecule has 0 bridgehead atoms. The molecule has 0 fully saturated rings. The molecule has 0 aliphatic rings. The third-order valence-corrected chi connectivity index (χ3v) is 3.71. The highest BCUT2D eigenvalue weighted by molar-refractivity contribution is 5.86. The van der Waals surface area contributed by atoms with Crippen LogP contribution >= 0.6 is 0 Å². The van der Waals surface area contributed by atoms with Gasteiger partial charge in [-0.2, -0.15) is 0 Å². The van der Waals surface area contributed by atoms with E-state index in [2.05, 4.69) is 17.6 Å². The molecular formula is C19H30N2O3. The van der Waals surface area contributed by atoms with Gasteiger partial charge in [0, 0.05) is 6.04 Å². The smallest absolute Gasteiger partial charge is 0.408 e. The fourth-order valence-electron chi connectivity index (χ4n) is 2.39. The lowest BCUT2D eigenvalue weighted by Crippen LogP contribution is -2.55. The molecule has 1 aromatic rings. The Bertz CT molecular complexity index is 523. The molecule has 0 aromatic heterocycles. The van der Waals surface area contributed by atoms with Crippen molar-refractivity contribution in [3.05, 3.63) is 35.9 Å². The quantitative estimate of drug-likeness (QED) is 0.800. The molecule has 2 N–H and O–H groups in total. The van der Waals surface area contributed by atoms with Crippen LogP contribution in [0.5, 0.6) is 0 Å². The molecule has 5 heteroatoms. The zero-order valence-electron chi connectivity index (χ0n) is 15.4. The maximum Gasteiger partial charge on any atom is 0.408 e. The second kappa shape index (κ2) is 9.30. The molecule has 0 radical (unpaired) electrons. The van der Waals surface area contributed by atoms with E-state index in [1.54, 1.807) is 0 Å². The zero-order chi connectivity index (χ0) is 18.2. The molecule has 2 amide bonds. The van der Waals surface area contributed by atoms with Crippen molar-refractivity contribution in [1.82, 2.24) is 10.6 Å². The van der Waals surface area contributed by atoms with Gasteiger partial charge in [-0.3, -0.25) is 4.79 Å². The van der Waals surface area contributed by atoms with E-state index in [0.29, 0.717) is 0 Å². The third kappa shape index (κ3) is 7.02. The van der Waals surface area contributed by atoms with E-state index in [1.165, 1.54) is 0 Å². The Morgan fingerprint density at radius 2 is 1.75 bits per heavy atom. The Morgan fingerprint density at radius 1 is 1.12 bits per heavy atom. The van der Waals surface area contributed by atoms with Crippen molar-refractivity contribution < 1.29 is 14.3 Å². The molecule has 1 rings (SSSR count). The molecule has 0 aliphatic carbocycles. The summed E-state index contributed by atoms with van der Waals surface area (Å²) >= 11 is 0. The van der Waals surface area contributed by atoms with E-state index in [1.807, 2.05) is 58.0 Å². The van der Waals surface area contributed by atoms with E-state index in [0.717, 1.165) is 18.4 Å². The lowest BCUT2D eigenvalue weighted by molar-refractivity contribution is -0.126. The summed E-state index contributed by atoms with van der Waals surface area (Å²) in [5.41, 5.74) is 0.489. The van der Waals surface area contributed by atoms with Crippen molar-refractivity contribution in [2.45, 2.75) is 66.2 Å². The fraction of sp³-hybridized carbons (Fsp3) is 0.579. The van der Waals surface area contributed by atoms with Crippen molar-refractivity contribution in [3.8, 4) is 0 Å². The van der Waals surface area contributed by atoms with E-state index >= 15 is 0 Å². The average molecular weight is 334 g/mol. The van der Waals surface area contributed by atoms with Crippen LogP contribution in [0.15, 0.2) is 30.3 Å². The predicted molar refractivity (Wildman–Crippen MR) is 95.5 cm³/mol. The summed E-state index contributed by atoms with van der Waals surface area (Å²) in [6.45, 7) is 9.97. The topological polar surface area (TPSA) is 67.4 Å². The van der Waals surface area contributed by atoms with Crippen molar-refractivity contribution in [2.24, 2.45) is 5.41 Å². The Hall–Kier alpha value is -2.04. The van der Waals surface area contributed by atoms with Crippen LogP contribution in [0.25, 0.3) is 0 Å². The van der Waals surface area contributed by atoms with Crippen LogP contribution < -0.4 is 10.6 Å². The standard InChI is InChI=1S/C19H30N2O3/c1-6-10-14(2)20-17(22)16(19(3,4)5)21-18(23)24-13-15-11-8-7-9-12-15/h7-9,11-12,14,16H,6,10,13H2,1-5H3,(H,20,22)(H,21,23)/t14-,16?/m1/s1. The Labute approximate surface area is 145 Å². The number of amides is 2. The number of carbonyl (C=O) groups excluding carboxylic acids is 2. The highest BCUT2D eigenvalue weighted by Gasteiger charge is 2.33. The van der Waals surface area contributed by atoms with Crippen LogP contribution in [-0.4, -0.2) is 24.1 Å². The van der Waals surface area contributed by atoms with Gasteiger partial charge in [-0.15, -0.1) is 0 Å². The molecule has 1 unspecified atom stereocenters. The van der Waals surface area contributed by atoms with Gasteiger partial charge in [-0.1, -0.05) is 64.4 Å². The second-order valence-electron chi connectivity index (χ2n) is 7.20. The summed E-state index contributed by atoms with van der Waals surface area (Å²) in [5, 5.41) is 5.66. The highest BCUT2D eigenvalue weighted by atomic mass is 16.5. The van der Waals surface area contributed by atoms with Gasteiger partial charge in [0.1, 0.15) is 12.6 Å². The second-order valence-corrected chi connectivity index (χ2v) is 7.20. The van der Waals surface area contributed by atoms with Crippen LogP contribution in [0.4, 0.5) is 4.79 Å². The molecule has 1 aromatic carbocycles. The molecule has 0 saturated heterocycles. The maximum absolute atomic E-state index is 12.5. The molecule has 0 aliphatic heterocycles. The number of hydrogen-bond donors (Lipinski definition) is 2. The van der Waals surface area contributed by atoms with Crippen molar-refractivity contribution in [1.29, 1.82) is 0 Å². The predicted octanol–water partition coefficient (Wildman–Crippen LogP) is 3.63.